The number of aryl methyl sites for hydroxylation is 1. The number of benzene rings is 1. The van der Waals surface area contributed by atoms with Crippen LogP contribution in [-0.2, 0) is 17.3 Å². The van der Waals surface area contributed by atoms with Crippen molar-refractivity contribution >= 4 is 0 Å². The molecule has 1 heteroatoms. The Morgan fingerprint density at radius 2 is 1.40 bits per heavy atom. The molecule has 20 heavy (non-hydrogen) atoms. The molecular weight excluding hydrogens is 242 g/mol. The topological polar surface area (TPSA) is 26.0 Å². The second kappa shape index (κ2) is 5.63. The van der Waals surface area contributed by atoms with Crippen LogP contribution >= 0.6 is 0 Å². The molecule has 0 spiro atoms. The molecule has 0 aliphatic rings. The molecular formula is C19H31N. The fourth-order valence-electron chi connectivity index (χ4n) is 2.78. The van der Waals surface area contributed by atoms with Gasteiger partial charge in [-0.1, -0.05) is 60.3 Å². The SMILES string of the molecule is C=C(N)CCc1cc(C(C)(C)C)c(C)c(C(C)(C)C)c1. The average Bonchev–Trinajstić information content (AvgIpc) is 2.24. The first-order chi connectivity index (χ1) is 8.93. The molecule has 1 nitrogen and oxygen atoms in total. The van der Waals surface area contributed by atoms with Gasteiger partial charge in [-0.2, -0.15) is 0 Å². The van der Waals surface area contributed by atoms with Crippen molar-refractivity contribution in [2.24, 2.45) is 5.73 Å². The normalized spacial score (nSPS) is 12.6. The van der Waals surface area contributed by atoms with E-state index in [0.717, 1.165) is 18.5 Å². The highest BCUT2D eigenvalue weighted by molar-refractivity contribution is 5.45. The third kappa shape index (κ3) is 4.13. The van der Waals surface area contributed by atoms with Crippen molar-refractivity contribution in [3.05, 3.63) is 46.7 Å². The Labute approximate surface area is 125 Å². The van der Waals surface area contributed by atoms with Gasteiger partial charge in [0, 0.05) is 5.70 Å². The summed E-state index contributed by atoms with van der Waals surface area (Å²) in [5.74, 6) is 0. The first-order valence-electron chi connectivity index (χ1n) is 7.50. The zero-order valence-corrected chi connectivity index (χ0v) is 14.4. The lowest BCUT2D eigenvalue weighted by atomic mass is 9.75. The Hall–Kier alpha value is -1.24. The fourth-order valence-corrected chi connectivity index (χ4v) is 2.78. The summed E-state index contributed by atoms with van der Waals surface area (Å²) < 4.78 is 0. The number of hydrogen-bond acceptors (Lipinski definition) is 1. The molecule has 0 bridgehead atoms. The van der Waals surface area contributed by atoms with Crippen molar-refractivity contribution in [1.29, 1.82) is 0 Å². The largest absolute Gasteiger partial charge is 0.403 e. The second-order valence-electron chi connectivity index (χ2n) is 7.97. The summed E-state index contributed by atoms with van der Waals surface area (Å²) >= 11 is 0. The molecule has 0 aromatic heterocycles. The lowest BCUT2D eigenvalue weighted by Gasteiger charge is -2.30. The molecule has 1 aromatic carbocycles. The molecule has 2 N–H and O–H groups in total. The number of hydrogen-bond donors (Lipinski definition) is 1. The highest BCUT2D eigenvalue weighted by atomic mass is 14.5. The maximum atomic E-state index is 5.72. The standard InChI is InChI=1S/C19H31N/c1-13(20)9-10-15-11-16(18(3,4)5)14(2)17(12-15)19(6,7)8/h11-12H,1,9-10,20H2,2-8H3. The first-order valence-corrected chi connectivity index (χ1v) is 7.50. The molecule has 0 fully saturated rings. The minimum absolute atomic E-state index is 0.166. The van der Waals surface area contributed by atoms with Gasteiger partial charge in [0.15, 0.2) is 0 Å². The Morgan fingerprint density at radius 1 is 1.00 bits per heavy atom. The van der Waals surface area contributed by atoms with Crippen molar-refractivity contribution < 1.29 is 0 Å². The van der Waals surface area contributed by atoms with Gasteiger partial charge < -0.3 is 5.73 Å². The van der Waals surface area contributed by atoms with E-state index in [2.05, 4.69) is 67.2 Å². The van der Waals surface area contributed by atoms with E-state index in [0.29, 0.717) is 0 Å². The summed E-state index contributed by atoms with van der Waals surface area (Å²) in [7, 11) is 0. The monoisotopic (exact) mass is 273 g/mol. The summed E-state index contributed by atoms with van der Waals surface area (Å²) in [5.41, 5.74) is 12.5. The molecule has 0 aliphatic heterocycles. The van der Waals surface area contributed by atoms with Crippen LogP contribution in [0.1, 0.15) is 70.2 Å². The van der Waals surface area contributed by atoms with Gasteiger partial charge in [-0.15, -0.1) is 0 Å². The molecule has 0 unspecified atom stereocenters. The van der Waals surface area contributed by atoms with Crippen LogP contribution in [0, 0.1) is 6.92 Å². The molecule has 0 saturated heterocycles. The first kappa shape index (κ1) is 16.8. The number of rotatable bonds is 3. The van der Waals surface area contributed by atoms with E-state index >= 15 is 0 Å². The van der Waals surface area contributed by atoms with Gasteiger partial charge >= 0.3 is 0 Å². The van der Waals surface area contributed by atoms with Crippen LogP contribution in [0.15, 0.2) is 24.4 Å². The Kier molecular flexibility index (Phi) is 4.74. The molecule has 1 rings (SSSR count). The predicted molar refractivity (Wildman–Crippen MR) is 90.2 cm³/mol. The molecule has 1 aromatic rings. The van der Waals surface area contributed by atoms with Crippen molar-refractivity contribution in [2.45, 2.75) is 72.1 Å². The van der Waals surface area contributed by atoms with Crippen LogP contribution in [0.5, 0.6) is 0 Å². The smallest absolute Gasteiger partial charge is 0.00108 e. The molecule has 0 radical (unpaired) electrons. The quantitative estimate of drug-likeness (QED) is 0.824. The number of nitrogens with two attached hydrogens (primary N) is 1. The Bertz CT molecular complexity index is 460. The highest BCUT2D eigenvalue weighted by Crippen LogP contribution is 2.34. The van der Waals surface area contributed by atoms with Gasteiger partial charge in [0.05, 0.1) is 0 Å². The summed E-state index contributed by atoms with van der Waals surface area (Å²) in [6, 6.07) is 4.71. The van der Waals surface area contributed by atoms with E-state index in [-0.39, 0.29) is 10.8 Å². The molecule has 0 saturated carbocycles. The van der Waals surface area contributed by atoms with E-state index < -0.39 is 0 Å². The van der Waals surface area contributed by atoms with Crippen molar-refractivity contribution in [2.75, 3.05) is 0 Å². The fraction of sp³-hybridized carbons (Fsp3) is 0.579. The van der Waals surface area contributed by atoms with E-state index in [1.54, 1.807) is 0 Å². The molecule has 112 valence electrons. The predicted octanol–water partition coefficient (Wildman–Crippen LogP) is 5.00. The van der Waals surface area contributed by atoms with E-state index in [1.165, 1.54) is 22.3 Å². The van der Waals surface area contributed by atoms with Crippen LogP contribution in [0.4, 0.5) is 0 Å². The lowest BCUT2D eigenvalue weighted by molar-refractivity contribution is 0.559. The third-order valence-electron chi connectivity index (χ3n) is 3.82. The number of allylic oxidation sites excluding steroid dienone is 1. The van der Waals surface area contributed by atoms with Gasteiger partial charge in [-0.05, 0) is 52.8 Å². The Balaban J connectivity index is 3.38. The van der Waals surface area contributed by atoms with Crippen LogP contribution in [0.2, 0.25) is 0 Å². The van der Waals surface area contributed by atoms with E-state index in [9.17, 15) is 0 Å². The Morgan fingerprint density at radius 3 is 1.70 bits per heavy atom. The molecule has 0 amide bonds. The maximum absolute atomic E-state index is 5.72. The van der Waals surface area contributed by atoms with Crippen molar-refractivity contribution in [3.8, 4) is 0 Å². The van der Waals surface area contributed by atoms with Gasteiger partial charge in [-0.3, -0.25) is 0 Å². The summed E-state index contributed by atoms with van der Waals surface area (Å²) in [5, 5.41) is 0. The van der Waals surface area contributed by atoms with Crippen LogP contribution in [-0.4, -0.2) is 0 Å². The van der Waals surface area contributed by atoms with Crippen molar-refractivity contribution in [3.63, 3.8) is 0 Å². The van der Waals surface area contributed by atoms with Crippen molar-refractivity contribution in [1.82, 2.24) is 0 Å². The zero-order chi connectivity index (χ0) is 15.7. The van der Waals surface area contributed by atoms with Crippen LogP contribution in [0.25, 0.3) is 0 Å². The highest BCUT2D eigenvalue weighted by Gasteiger charge is 2.24. The minimum Gasteiger partial charge on any atom is -0.403 e. The van der Waals surface area contributed by atoms with E-state index in [4.69, 9.17) is 5.73 Å². The van der Waals surface area contributed by atoms with Gasteiger partial charge in [-0.25, -0.2) is 0 Å². The van der Waals surface area contributed by atoms with Crippen LogP contribution < -0.4 is 5.73 Å². The van der Waals surface area contributed by atoms with Gasteiger partial charge in [0.25, 0.3) is 0 Å². The minimum atomic E-state index is 0.166. The lowest BCUT2D eigenvalue weighted by Crippen LogP contribution is -2.20. The molecule has 0 atom stereocenters. The zero-order valence-electron chi connectivity index (χ0n) is 14.4. The maximum Gasteiger partial charge on any atom is 0.00108 e. The third-order valence-corrected chi connectivity index (χ3v) is 3.82. The summed E-state index contributed by atoms with van der Waals surface area (Å²) in [4.78, 5) is 0. The molecule has 0 heterocycles. The second-order valence-corrected chi connectivity index (χ2v) is 7.97. The van der Waals surface area contributed by atoms with Gasteiger partial charge in [0.1, 0.15) is 0 Å². The van der Waals surface area contributed by atoms with E-state index in [1.807, 2.05) is 0 Å². The summed E-state index contributed by atoms with van der Waals surface area (Å²) in [6.07, 6.45) is 1.83. The molecule has 0 aliphatic carbocycles. The van der Waals surface area contributed by atoms with Gasteiger partial charge in [0.2, 0.25) is 0 Å². The average molecular weight is 273 g/mol. The summed E-state index contributed by atoms with van der Waals surface area (Å²) in [6.45, 7) is 19.8. The van der Waals surface area contributed by atoms with Crippen LogP contribution in [0.3, 0.4) is 0 Å².